The molecule has 2 bridgehead atoms. The van der Waals surface area contributed by atoms with Crippen LogP contribution in [0.1, 0.15) is 92.4 Å². The van der Waals surface area contributed by atoms with E-state index in [1.165, 1.54) is 6.92 Å². The Kier molecular flexibility index (Phi) is 23.1. The number of hydrogen-bond acceptors (Lipinski definition) is 16. The number of esters is 1. The fourth-order valence-corrected chi connectivity index (χ4v) is 8.03. The second-order valence-electron chi connectivity index (χ2n) is 18.1. The average molecular weight is 922 g/mol. The minimum atomic E-state index is -2.06. The van der Waals surface area contributed by atoms with E-state index in [0.717, 1.165) is 0 Å². The van der Waals surface area contributed by atoms with Gasteiger partial charge in [-0.05, 0) is 46.5 Å². The van der Waals surface area contributed by atoms with Gasteiger partial charge >= 0.3 is 11.9 Å². The molecule has 1 unspecified atom stereocenters. The zero-order valence-electron chi connectivity index (χ0n) is 38.2. The van der Waals surface area contributed by atoms with Crippen molar-refractivity contribution >= 4 is 11.9 Å². The van der Waals surface area contributed by atoms with Gasteiger partial charge in [-0.1, -0.05) is 98.9 Å². The molecule has 3 aliphatic heterocycles. The number of carboxylic acid groups (broad SMARTS) is 1. The highest BCUT2D eigenvalue weighted by Crippen LogP contribution is 2.38. The lowest BCUT2D eigenvalue weighted by molar-refractivity contribution is -0.317. The lowest BCUT2D eigenvalue weighted by atomic mass is 9.84. The Labute approximate surface area is 382 Å². The largest absolute Gasteiger partial charge is 0.481 e. The molecule has 0 saturated carbocycles. The van der Waals surface area contributed by atoms with Gasteiger partial charge in [-0.2, -0.15) is 0 Å². The van der Waals surface area contributed by atoms with Gasteiger partial charge in [-0.3, -0.25) is 9.59 Å². The van der Waals surface area contributed by atoms with E-state index >= 15 is 0 Å². The molecule has 368 valence electrons. The topological polar surface area (TPSA) is 299 Å². The number of carboxylic acids is 1. The molecule has 0 radical (unpaired) electrons. The van der Waals surface area contributed by atoms with Crippen LogP contribution in [0.25, 0.3) is 0 Å². The highest BCUT2D eigenvalue weighted by molar-refractivity contribution is 5.71. The average Bonchev–Trinajstić information content (AvgIpc) is 3.22. The number of cyclic esters (lactones) is 1. The third-order valence-corrected chi connectivity index (χ3v) is 12.4. The molecule has 0 amide bonds. The van der Waals surface area contributed by atoms with Crippen LogP contribution in [0.5, 0.6) is 0 Å². The van der Waals surface area contributed by atoms with Crippen molar-refractivity contribution in [1.82, 2.24) is 0 Å². The zero-order chi connectivity index (χ0) is 48.5. The van der Waals surface area contributed by atoms with E-state index in [1.807, 2.05) is 49.5 Å². The standard InChI is InChI=1S/C48H75NO16/c1-29-18-16-14-12-10-8-6-7-9-11-13-15-17-19-36(64-46-47(5,60)44(49)43(57)32(4)63-46)27-40-37(45(58)59)22-23-48(61,65-40)28-35(52)25-39(54)38(53)21-20-33(50)24-34(51)26-41(55)62-31(3)30(2)42(29)56/h6-19,29-40,42-44,46,50-54,56-57,60-61H,20-28,49H2,1-5H3,(H,58,59)/b7-6+,10-8+,11-9+,14-12+,15-13+,18-16+,19-17+/t29-,30-,31-,32+,33+,34+,35-,36-,37?,38+,39+,40-,42+,43+,44-,46-,47+,48-/m0/s1. The fraction of sp³-hybridized carbons (Fsp3) is 0.667. The number of nitrogens with two attached hydrogens (primary N) is 1. The van der Waals surface area contributed by atoms with Crippen molar-refractivity contribution in [2.45, 2.75) is 183 Å². The predicted octanol–water partition coefficient (Wildman–Crippen LogP) is 2.13. The van der Waals surface area contributed by atoms with Crippen LogP contribution >= 0.6 is 0 Å². The third kappa shape index (κ3) is 18.3. The van der Waals surface area contributed by atoms with Gasteiger partial charge in [0.15, 0.2) is 12.1 Å². The number of rotatable bonds is 3. The summed E-state index contributed by atoms with van der Waals surface area (Å²) >= 11 is 0. The van der Waals surface area contributed by atoms with Crippen LogP contribution in [0.3, 0.4) is 0 Å². The molecular weight excluding hydrogens is 847 g/mol. The van der Waals surface area contributed by atoms with Crippen LogP contribution in [0.2, 0.25) is 0 Å². The first-order valence-electron chi connectivity index (χ1n) is 22.6. The van der Waals surface area contributed by atoms with Gasteiger partial charge < -0.3 is 75.7 Å². The summed E-state index contributed by atoms with van der Waals surface area (Å²) in [5.74, 6) is -5.80. The third-order valence-electron chi connectivity index (χ3n) is 12.4. The lowest BCUT2D eigenvalue weighted by Gasteiger charge is -2.47. The van der Waals surface area contributed by atoms with Crippen LogP contribution in [-0.4, -0.2) is 154 Å². The summed E-state index contributed by atoms with van der Waals surface area (Å²) in [6.45, 7) is 8.16. The van der Waals surface area contributed by atoms with Crippen molar-refractivity contribution in [2.75, 3.05) is 0 Å². The Morgan fingerprint density at radius 1 is 0.708 bits per heavy atom. The highest BCUT2D eigenvalue weighted by Gasteiger charge is 2.52. The molecule has 17 heteroatoms. The van der Waals surface area contributed by atoms with E-state index in [9.17, 15) is 60.7 Å². The smallest absolute Gasteiger partial charge is 0.309 e. The van der Waals surface area contributed by atoms with Gasteiger partial charge in [-0.15, -0.1) is 0 Å². The van der Waals surface area contributed by atoms with Gasteiger partial charge in [0.05, 0.1) is 79.4 Å². The van der Waals surface area contributed by atoms with Crippen LogP contribution in [0.15, 0.2) is 85.1 Å². The SMILES string of the molecule is C[C@@H]1[C@H](O)[C@@H](C)/C=C/C=C/C=C/C=C/C=C/C=C/C=C/[C@H](O[C@@H]2O[C@H](C)[C@@H](O)[C@H](N)[C@@]2(C)O)C[C@@H]2O[C@@](O)(CCC2C(=O)O)C[C@@H](O)C[C@@H](O)[C@H](O)CC[C@@H](O)C[C@@H](O)CC(=O)O[C@H]1C. The van der Waals surface area contributed by atoms with E-state index in [1.54, 1.807) is 63.3 Å². The van der Waals surface area contributed by atoms with Crippen LogP contribution in [-0.2, 0) is 28.5 Å². The summed E-state index contributed by atoms with van der Waals surface area (Å²) in [5, 5.41) is 108. The van der Waals surface area contributed by atoms with Crippen LogP contribution in [0.4, 0.5) is 0 Å². The van der Waals surface area contributed by atoms with E-state index in [2.05, 4.69) is 0 Å². The second kappa shape index (κ2) is 26.8. The molecule has 12 N–H and O–H groups in total. The molecular formula is C48H75NO16. The van der Waals surface area contributed by atoms with Crippen molar-refractivity contribution in [2.24, 2.45) is 23.5 Å². The van der Waals surface area contributed by atoms with Crippen LogP contribution < -0.4 is 5.73 Å². The van der Waals surface area contributed by atoms with Gasteiger partial charge in [0, 0.05) is 37.5 Å². The molecule has 0 aromatic carbocycles. The molecule has 0 aromatic rings. The number of aliphatic hydroxyl groups excluding tert-OH is 7. The lowest BCUT2D eigenvalue weighted by Crippen LogP contribution is -2.68. The summed E-state index contributed by atoms with van der Waals surface area (Å²) < 4.78 is 23.5. The van der Waals surface area contributed by atoms with E-state index in [4.69, 9.17) is 24.7 Å². The second-order valence-corrected chi connectivity index (χ2v) is 18.1. The van der Waals surface area contributed by atoms with E-state index in [0.29, 0.717) is 0 Å². The molecule has 2 saturated heterocycles. The van der Waals surface area contributed by atoms with E-state index in [-0.39, 0.29) is 44.4 Å². The molecule has 18 atom stereocenters. The highest BCUT2D eigenvalue weighted by atomic mass is 16.7. The van der Waals surface area contributed by atoms with Crippen molar-refractivity contribution in [3.63, 3.8) is 0 Å². The number of aliphatic carboxylic acids is 1. The predicted molar refractivity (Wildman–Crippen MR) is 240 cm³/mol. The maximum atomic E-state index is 12.6. The first-order valence-corrected chi connectivity index (χ1v) is 22.6. The molecule has 2 fully saturated rings. The Hall–Kier alpha value is -3.40. The monoisotopic (exact) mass is 922 g/mol. The quantitative estimate of drug-likeness (QED) is 0.181. The number of aliphatic hydroxyl groups is 9. The minimum absolute atomic E-state index is 0.0562. The fourth-order valence-electron chi connectivity index (χ4n) is 8.03. The Morgan fingerprint density at radius 2 is 1.28 bits per heavy atom. The number of carbonyl (C=O) groups is 2. The minimum Gasteiger partial charge on any atom is -0.481 e. The first-order chi connectivity index (χ1) is 30.5. The molecule has 0 aromatic heterocycles. The normalized spacial score (nSPS) is 45.5. The summed E-state index contributed by atoms with van der Waals surface area (Å²) in [6.07, 6.45) is 8.69. The van der Waals surface area contributed by atoms with Gasteiger partial charge in [0.25, 0.3) is 0 Å². The van der Waals surface area contributed by atoms with Crippen molar-refractivity contribution in [1.29, 1.82) is 0 Å². The van der Waals surface area contributed by atoms with Gasteiger partial charge in [0.1, 0.15) is 11.7 Å². The summed E-state index contributed by atoms with van der Waals surface area (Å²) in [4.78, 5) is 25.1. The number of hydrogen-bond donors (Lipinski definition) is 11. The molecule has 3 heterocycles. The first kappa shape index (κ1) is 55.9. The molecule has 65 heavy (non-hydrogen) atoms. The van der Waals surface area contributed by atoms with Crippen molar-refractivity contribution in [3.05, 3.63) is 85.1 Å². The zero-order valence-corrected chi connectivity index (χ0v) is 38.2. The maximum absolute atomic E-state index is 12.6. The molecule has 17 nitrogen and oxygen atoms in total. The number of ether oxygens (including phenoxy) is 4. The van der Waals surface area contributed by atoms with Gasteiger partial charge in [-0.25, -0.2) is 0 Å². The molecule has 3 aliphatic rings. The van der Waals surface area contributed by atoms with E-state index < -0.39 is 134 Å². The number of carbonyl (C=O) groups excluding carboxylic acids is 1. The van der Waals surface area contributed by atoms with Crippen molar-refractivity contribution in [3.8, 4) is 0 Å². The summed E-state index contributed by atoms with van der Waals surface area (Å²) in [5.41, 5.74) is 4.29. The summed E-state index contributed by atoms with van der Waals surface area (Å²) in [6, 6.07) is -1.16. The number of fused-ring (bicyclic) bond motifs is 2. The Balaban J connectivity index is 1.85. The Bertz CT molecular complexity index is 1680. The number of allylic oxidation sites excluding steroid dienone is 12. The van der Waals surface area contributed by atoms with Crippen LogP contribution in [0, 0.1) is 17.8 Å². The van der Waals surface area contributed by atoms with Crippen molar-refractivity contribution < 1.29 is 79.6 Å². The summed E-state index contributed by atoms with van der Waals surface area (Å²) in [7, 11) is 0. The molecule has 0 spiro atoms. The molecule has 0 aliphatic carbocycles. The Morgan fingerprint density at radius 3 is 1.86 bits per heavy atom. The maximum Gasteiger partial charge on any atom is 0.309 e. The van der Waals surface area contributed by atoms with Gasteiger partial charge in [0.2, 0.25) is 0 Å². The molecule has 3 rings (SSSR count).